The maximum absolute atomic E-state index is 10.3. The van der Waals surface area contributed by atoms with Crippen LogP contribution < -0.4 is 0 Å². The Morgan fingerprint density at radius 1 is 1.07 bits per heavy atom. The molecule has 1 fully saturated rings. The van der Waals surface area contributed by atoms with Gasteiger partial charge in [-0.25, -0.2) is 0 Å². The maximum Gasteiger partial charge on any atom is 0.115 e. The van der Waals surface area contributed by atoms with Gasteiger partial charge in [-0.15, -0.1) is 0 Å². The number of nitrogens with one attached hydrogen (secondary N) is 1. The van der Waals surface area contributed by atoms with Gasteiger partial charge in [-0.05, 0) is 66.5 Å². The van der Waals surface area contributed by atoms with Crippen LogP contribution in [0.2, 0.25) is 0 Å². The van der Waals surface area contributed by atoms with Crippen LogP contribution in [0.1, 0.15) is 29.7 Å². The van der Waals surface area contributed by atoms with Crippen LogP contribution in [0, 0.1) is 0 Å². The first-order chi connectivity index (χ1) is 13.7. The summed E-state index contributed by atoms with van der Waals surface area (Å²) in [5.74, 6) is 0.360. The van der Waals surface area contributed by atoms with Gasteiger partial charge >= 0.3 is 0 Å². The number of nitrogens with zero attached hydrogens (tertiary/aromatic N) is 1. The fraction of sp³-hybridized carbons (Fsp3) is 0.280. The van der Waals surface area contributed by atoms with Crippen molar-refractivity contribution in [2.75, 3.05) is 13.6 Å². The molecule has 2 bridgehead atoms. The molecule has 2 aliphatic rings. The number of benzene rings is 3. The van der Waals surface area contributed by atoms with E-state index in [0.717, 1.165) is 25.8 Å². The van der Waals surface area contributed by atoms with Crippen LogP contribution in [0.4, 0.5) is 0 Å². The first-order valence-electron chi connectivity index (χ1n) is 10.2. The van der Waals surface area contributed by atoms with Crippen molar-refractivity contribution in [2.45, 2.75) is 30.7 Å². The summed E-state index contributed by atoms with van der Waals surface area (Å²) in [5, 5.41) is 14.2. The highest BCUT2D eigenvalue weighted by Gasteiger charge is 2.48. The number of phenols is 1. The number of phenolic OH excluding ortho intramolecular Hbond substituents is 1. The van der Waals surface area contributed by atoms with Crippen molar-refractivity contribution < 1.29 is 5.11 Å². The van der Waals surface area contributed by atoms with Crippen LogP contribution in [-0.2, 0) is 11.8 Å². The summed E-state index contributed by atoms with van der Waals surface area (Å²) in [6, 6.07) is 21.7. The number of piperidine rings is 1. The number of aromatic nitrogens is 1. The van der Waals surface area contributed by atoms with Gasteiger partial charge in [0.1, 0.15) is 5.75 Å². The summed E-state index contributed by atoms with van der Waals surface area (Å²) >= 11 is 0. The van der Waals surface area contributed by atoms with Gasteiger partial charge < -0.3 is 15.0 Å². The molecule has 1 saturated heterocycles. The average molecular weight is 368 g/mol. The molecule has 2 atom stereocenters. The number of likely N-dealkylation sites (N-methyl/N-ethyl adjacent to an activating group) is 1. The third-order valence-corrected chi connectivity index (χ3v) is 7.18. The van der Waals surface area contributed by atoms with Gasteiger partial charge in [0.05, 0.1) is 0 Å². The summed E-state index contributed by atoms with van der Waals surface area (Å²) in [7, 11) is 2.25. The molecule has 0 saturated carbocycles. The van der Waals surface area contributed by atoms with Gasteiger partial charge in [-0.3, -0.25) is 0 Å². The smallest absolute Gasteiger partial charge is 0.115 e. The molecule has 2 N–H and O–H groups in total. The van der Waals surface area contributed by atoms with Crippen molar-refractivity contribution in [3.63, 3.8) is 0 Å². The minimum atomic E-state index is -0.0497. The number of aromatic amines is 1. The van der Waals surface area contributed by atoms with Gasteiger partial charge in [0.15, 0.2) is 0 Å². The molecule has 3 heteroatoms. The van der Waals surface area contributed by atoms with E-state index in [0.29, 0.717) is 11.8 Å². The number of likely N-dealkylation sites (tertiary alicyclic amines) is 1. The number of H-pyrrole nitrogens is 1. The van der Waals surface area contributed by atoms with Gasteiger partial charge in [0.25, 0.3) is 0 Å². The van der Waals surface area contributed by atoms with E-state index in [2.05, 4.69) is 59.4 Å². The lowest BCUT2D eigenvalue weighted by Gasteiger charge is -2.50. The van der Waals surface area contributed by atoms with Crippen molar-refractivity contribution in [3.05, 3.63) is 77.5 Å². The first-order valence-corrected chi connectivity index (χ1v) is 10.2. The van der Waals surface area contributed by atoms with Gasteiger partial charge in [0.2, 0.25) is 0 Å². The SMILES string of the molecule is CN1CC[C@]2(c3cccc(O)c3)C[C@H]1Cc1[nH]c3ccc4ccccc4c3c12. The van der Waals surface area contributed by atoms with Crippen LogP contribution in [0.15, 0.2) is 60.7 Å². The molecule has 0 radical (unpaired) electrons. The van der Waals surface area contributed by atoms with Crippen LogP contribution >= 0.6 is 0 Å². The predicted molar refractivity (Wildman–Crippen MR) is 114 cm³/mol. The highest BCUT2D eigenvalue weighted by molar-refractivity contribution is 6.09. The fourth-order valence-corrected chi connectivity index (χ4v) is 5.81. The molecule has 6 rings (SSSR count). The van der Waals surface area contributed by atoms with E-state index < -0.39 is 0 Å². The van der Waals surface area contributed by atoms with Crippen LogP contribution in [-0.4, -0.2) is 34.6 Å². The van der Waals surface area contributed by atoms with Crippen molar-refractivity contribution in [3.8, 4) is 5.75 Å². The van der Waals surface area contributed by atoms with E-state index in [9.17, 15) is 5.11 Å². The monoisotopic (exact) mass is 368 g/mol. The lowest BCUT2D eigenvalue weighted by molar-refractivity contribution is 0.123. The molecule has 0 unspecified atom stereocenters. The molecule has 2 heterocycles. The molecule has 3 nitrogen and oxygen atoms in total. The first kappa shape index (κ1) is 16.2. The number of rotatable bonds is 1. The molecule has 28 heavy (non-hydrogen) atoms. The Kier molecular flexibility index (Phi) is 3.25. The molecule has 140 valence electrons. The summed E-state index contributed by atoms with van der Waals surface area (Å²) in [6.45, 7) is 1.08. The second-order valence-electron chi connectivity index (χ2n) is 8.61. The summed E-state index contributed by atoms with van der Waals surface area (Å²) in [4.78, 5) is 6.28. The molecular formula is C25H24N2O. The van der Waals surface area contributed by atoms with Crippen molar-refractivity contribution in [1.29, 1.82) is 0 Å². The minimum Gasteiger partial charge on any atom is -0.508 e. The normalized spacial score (nSPS) is 24.5. The van der Waals surface area contributed by atoms with Crippen LogP contribution in [0.5, 0.6) is 5.75 Å². The average Bonchev–Trinajstić information content (AvgIpc) is 3.10. The van der Waals surface area contributed by atoms with E-state index in [4.69, 9.17) is 0 Å². The second kappa shape index (κ2) is 5.62. The Bertz CT molecular complexity index is 1220. The Balaban J connectivity index is 1.74. The zero-order valence-corrected chi connectivity index (χ0v) is 16.1. The van der Waals surface area contributed by atoms with Gasteiger partial charge in [-0.2, -0.15) is 0 Å². The van der Waals surface area contributed by atoms with Crippen molar-refractivity contribution in [2.24, 2.45) is 0 Å². The van der Waals surface area contributed by atoms with E-state index in [1.165, 1.54) is 38.5 Å². The van der Waals surface area contributed by atoms with E-state index >= 15 is 0 Å². The van der Waals surface area contributed by atoms with E-state index in [1.54, 1.807) is 6.07 Å². The van der Waals surface area contributed by atoms with E-state index in [1.807, 2.05) is 12.1 Å². The summed E-state index contributed by atoms with van der Waals surface area (Å²) in [5.41, 5.74) is 5.27. The zero-order chi connectivity index (χ0) is 18.9. The van der Waals surface area contributed by atoms with Crippen LogP contribution in [0.3, 0.4) is 0 Å². The standard InChI is InChI=1S/C25H24N2O/c1-27-12-11-25(17-6-4-7-19(28)13-17)15-18(27)14-22-24(25)23-20-8-3-2-5-16(20)9-10-21(23)26-22/h2-10,13,18,26,28H,11-12,14-15H2,1H3/t18-,25-/m1/s1. The highest BCUT2D eigenvalue weighted by Crippen LogP contribution is 2.52. The number of hydrogen-bond acceptors (Lipinski definition) is 2. The summed E-state index contributed by atoms with van der Waals surface area (Å²) < 4.78 is 0. The second-order valence-corrected chi connectivity index (χ2v) is 8.61. The third kappa shape index (κ3) is 2.08. The number of fused-ring (bicyclic) bond motifs is 8. The molecule has 4 aromatic rings. The lowest BCUT2D eigenvalue weighted by atomic mass is 9.61. The molecule has 0 spiro atoms. The highest BCUT2D eigenvalue weighted by atomic mass is 16.3. The topological polar surface area (TPSA) is 39.3 Å². The Hall–Kier alpha value is -2.78. The van der Waals surface area contributed by atoms with E-state index in [-0.39, 0.29) is 5.41 Å². The van der Waals surface area contributed by atoms with Crippen molar-refractivity contribution >= 4 is 21.7 Å². The Labute approximate surface area is 164 Å². The van der Waals surface area contributed by atoms with Gasteiger partial charge in [-0.1, -0.05) is 42.5 Å². The molecule has 1 aliphatic heterocycles. The largest absolute Gasteiger partial charge is 0.508 e. The number of hydrogen-bond donors (Lipinski definition) is 2. The van der Waals surface area contributed by atoms with Gasteiger partial charge in [0, 0.05) is 34.5 Å². The Morgan fingerprint density at radius 3 is 2.86 bits per heavy atom. The molecule has 3 aromatic carbocycles. The molecule has 1 aliphatic carbocycles. The van der Waals surface area contributed by atoms with Crippen molar-refractivity contribution in [1.82, 2.24) is 9.88 Å². The quantitative estimate of drug-likeness (QED) is 0.498. The molecular weight excluding hydrogens is 344 g/mol. The molecule has 0 amide bonds. The summed E-state index contributed by atoms with van der Waals surface area (Å²) in [6.07, 6.45) is 3.25. The molecule has 1 aromatic heterocycles. The minimum absolute atomic E-state index is 0.0497. The maximum atomic E-state index is 10.3. The predicted octanol–water partition coefficient (Wildman–Crippen LogP) is 4.96. The Morgan fingerprint density at radius 2 is 1.96 bits per heavy atom. The number of aromatic hydroxyl groups is 1. The van der Waals surface area contributed by atoms with Crippen LogP contribution in [0.25, 0.3) is 21.7 Å². The zero-order valence-electron chi connectivity index (χ0n) is 16.1. The fourth-order valence-electron chi connectivity index (χ4n) is 5.81. The lowest BCUT2D eigenvalue weighted by Crippen LogP contribution is -2.52. The third-order valence-electron chi connectivity index (χ3n) is 7.18.